The highest BCUT2D eigenvalue weighted by atomic mass is 127. The summed E-state index contributed by atoms with van der Waals surface area (Å²) in [6, 6.07) is 10.4. The van der Waals surface area contributed by atoms with Crippen molar-refractivity contribution in [1.82, 2.24) is 4.98 Å². The first kappa shape index (κ1) is 25.9. The lowest BCUT2D eigenvalue weighted by Gasteiger charge is -2.17. The van der Waals surface area contributed by atoms with Gasteiger partial charge in [0.05, 0.1) is 11.2 Å². The molecule has 11 heteroatoms. The van der Waals surface area contributed by atoms with Crippen molar-refractivity contribution >= 4 is 56.7 Å². The van der Waals surface area contributed by atoms with E-state index in [0.29, 0.717) is 17.0 Å². The lowest BCUT2D eigenvalue weighted by atomic mass is 10.0. The molecule has 0 spiro atoms. The van der Waals surface area contributed by atoms with Gasteiger partial charge in [-0.15, -0.1) is 0 Å². The summed E-state index contributed by atoms with van der Waals surface area (Å²) < 4.78 is 64.4. The van der Waals surface area contributed by atoms with Crippen molar-refractivity contribution in [3.63, 3.8) is 0 Å². The number of rotatable bonds is 6. The Balaban J connectivity index is 1.38. The van der Waals surface area contributed by atoms with E-state index in [1.807, 2.05) is 6.92 Å². The molecule has 1 aliphatic rings. The van der Waals surface area contributed by atoms with E-state index in [-0.39, 0.29) is 24.3 Å². The van der Waals surface area contributed by atoms with Crippen molar-refractivity contribution < 1.29 is 31.9 Å². The highest BCUT2D eigenvalue weighted by Crippen LogP contribution is 2.48. The van der Waals surface area contributed by atoms with Gasteiger partial charge in [-0.1, -0.05) is 0 Å². The van der Waals surface area contributed by atoms with Crippen molar-refractivity contribution in [1.29, 1.82) is 0 Å². The third-order valence-electron chi connectivity index (χ3n) is 6.28. The van der Waals surface area contributed by atoms with E-state index >= 15 is 0 Å². The molecule has 6 nitrogen and oxygen atoms in total. The number of benzene rings is 3. The smallest absolute Gasteiger partial charge is 0.240 e. The van der Waals surface area contributed by atoms with E-state index in [1.165, 1.54) is 24.4 Å². The van der Waals surface area contributed by atoms with Crippen LogP contribution in [0.15, 0.2) is 54.7 Å². The number of amides is 2. The molecule has 2 N–H and O–H groups in total. The molecule has 3 aromatic carbocycles. The van der Waals surface area contributed by atoms with Crippen LogP contribution >= 0.6 is 22.6 Å². The Morgan fingerprint density at radius 3 is 2.32 bits per heavy atom. The van der Waals surface area contributed by atoms with Crippen molar-refractivity contribution in [2.75, 3.05) is 10.6 Å². The lowest BCUT2D eigenvalue weighted by molar-refractivity contribution is -0.131. The summed E-state index contributed by atoms with van der Waals surface area (Å²) in [5.74, 6) is -7.49. The maximum absolute atomic E-state index is 15.0. The quantitative estimate of drug-likeness (QED) is 0.105. The van der Waals surface area contributed by atoms with Crippen molar-refractivity contribution in [2.24, 2.45) is 5.41 Å². The van der Waals surface area contributed by atoms with Gasteiger partial charge < -0.3 is 15.4 Å². The fourth-order valence-corrected chi connectivity index (χ4v) is 4.37. The highest BCUT2D eigenvalue weighted by molar-refractivity contribution is 14.1. The first-order valence-electron chi connectivity index (χ1n) is 11.4. The Morgan fingerprint density at radius 2 is 1.63 bits per heavy atom. The highest BCUT2D eigenvalue weighted by Gasteiger charge is 2.56. The van der Waals surface area contributed by atoms with Crippen LogP contribution in [0.4, 0.5) is 28.9 Å². The third-order valence-corrected chi connectivity index (χ3v) is 7.44. The van der Waals surface area contributed by atoms with E-state index in [1.54, 1.807) is 12.1 Å². The van der Waals surface area contributed by atoms with Crippen LogP contribution in [0, 0.1) is 39.2 Å². The third kappa shape index (κ3) is 4.77. The maximum Gasteiger partial charge on any atom is 0.240 e. The van der Waals surface area contributed by atoms with Gasteiger partial charge in [-0.05, 0) is 90.4 Å². The number of nitrogens with zero attached hydrogens (tertiary/aromatic N) is 1. The SMILES string of the molecule is Cc1cc2c(Oc3c(F)cc(NC(=O)C4(C(=O)Nc5ccc(F)cc5)CC4)c(F)c3F)ccnc2cc1I. The number of aryl methyl sites for hydroxylation is 1. The Kier molecular flexibility index (Phi) is 6.72. The second-order valence-corrected chi connectivity index (χ2v) is 10.1. The first-order chi connectivity index (χ1) is 18.1. The van der Waals surface area contributed by atoms with Crippen LogP contribution in [0.3, 0.4) is 0 Å². The Morgan fingerprint density at radius 1 is 0.947 bits per heavy atom. The van der Waals surface area contributed by atoms with Crippen molar-refractivity contribution in [3.05, 3.63) is 87.1 Å². The van der Waals surface area contributed by atoms with Gasteiger partial charge in [0.25, 0.3) is 0 Å². The summed E-state index contributed by atoms with van der Waals surface area (Å²) in [4.78, 5) is 29.8. The van der Waals surface area contributed by atoms with E-state index < -0.39 is 51.9 Å². The van der Waals surface area contributed by atoms with Crippen LogP contribution in [0.1, 0.15) is 18.4 Å². The number of hydrogen-bond donors (Lipinski definition) is 2. The van der Waals surface area contributed by atoms with Crippen LogP contribution in [0.2, 0.25) is 0 Å². The van der Waals surface area contributed by atoms with Crippen LogP contribution in [0.5, 0.6) is 11.5 Å². The molecule has 4 aromatic rings. The molecule has 0 bridgehead atoms. The van der Waals surface area contributed by atoms with Crippen LogP contribution in [-0.4, -0.2) is 16.8 Å². The summed E-state index contributed by atoms with van der Waals surface area (Å²) in [6.07, 6.45) is 1.69. The fourth-order valence-electron chi connectivity index (χ4n) is 3.92. The van der Waals surface area contributed by atoms with Gasteiger partial charge in [0.1, 0.15) is 17.0 Å². The van der Waals surface area contributed by atoms with E-state index in [2.05, 4.69) is 38.2 Å². The second kappa shape index (κ2) is 9.86. The zero-order valence-corrected chi connectivity index (χ0v) is 21.8. The van der Waals surface area contributed by atoms with E-state index in [9.17, 15) is 27.2 Å². The molecule has 0 aliphatic heterocycles. The molecule has 38 heavy (non-hydrogen) atoms. The molecule has 2 amide bonds. The summed E-state index contributed by atoms with van der Waals surface area (Å²) in [5, 5.41) is 5.10. The van der Waals surface area contributed by atoms with E-state index in [4.69, 9.17) is 4.74 Å². The van der Waals surface area contributed by atoms with Gasteiger partial charge >= 0.3 is 0 Å². The molecule has 0 radical (unpaired) electrons. The zero-order chi connectivity index (χ0) is 27.2. The Bertz CT molecular complexity index is 1610. The minimum Gasteiger partial charge on any atom is -0.450 e. The normalized spacial score (nSPS) is 13.7. The van der Waals surface area contributed by atoms with Gasteiger partial charge in [-0.25, -0.2) is 13.2 Å². The minimum atomic E-state index is -1.65. The molecular formula is C27H18F4IN3O3. The molecule has 0 saturated heterocycles. The van der Waals surface area contributed by atoms with Gasteiger partial charge in [0.2, 0.25) is 23.4 Å². The Labute approximate surface area is 227 Å². The van der Waals surface area contributed by atoms with Crippen LogP contribution < -0.4 is 15.4 Å². The number of ether oxygens (including phenoxy) is 1. The maximum atomic E-state index is 15.0. The molecule has 194 valence electrons. The average molecular weight is 635 g/mol. The first-order valence-corrected chi connectivity index (χ1v) is 12.5. The number of carbonyl (C=O) groups is 2. The number of aromatic nitrogens is 1. The molecule has 1 heterocycles. The molecule has 1 fully saturated rings. The summed E-state index contributed by atoms with van der Waals surface area (Å²) >= 11 is 2.13. The molecule has 1 saturated carbocycles. The lowest BCUT2D eigenvalue weighted by Crippen LogP contribution is -2.36. The van der Waals surface area contributed by atoms with Gasteiger partial charge in [-0.2, -0.15) is 4.39 Å². The number of halogens is 5. The predicted molar refractivity (Wildman–Crippen MR) is 141 cm³/mol. The number of fused-ring (bicyclic) bond motifs is 1. The molecule has 5 rings (SSSR count). The standard InChI is InChI=1S/C27H18F4IN3O3/c1-13-10-16-19(12-18(13)32)33-9-6-21(16)38-24-17(29)11-20(22(30)23(24)31)35-26(37)27(7-8-27)25(36)34-15-4-2-14(28)3-5-15/h2-6,9-12H,7-8H2,1H3,(H,34,36)(H,35,37). The predicted octanol–water partition coefficient (Wildman–Crippen LogP) is 6.85. The second-order valence-electron chi connectivity index (χ2n) is 8.89. The number of carbonyl (C=O) groups excluding carboxylic acids is 2. The molecule has 0 unspecified atom stereocenters. The number of hydrogen-bond acceptors (Lipinski definition) is 4. The molecule has 0 atom stereocenters. The largest absolute Gasteiger partial charge is 0.450 e. The molecule has 1 aromatic heterocycles. The summed E-state index contributed by atoms with van der Waals surface area (Å²) in [6.45, 7) is 1.85. The summed E-state index contributed by atoms with van der Waals surface area (Å²) in [5.41, 5.74) is -0.652. The fraction of sp³-hybridized carbons (Fsp3) is 0.148. The molecular weight excluding hydrogens is 617 g/mol. The number of anilines is 2. The van der Waals surface area contributed by atoms with Crippen molar-refractivity contribution in [2.45, 2.75) is 19.8 Å². The van der Waals surface area contributed by atoms with Gasteiger partial charge in [0.15, 0.2) is 11.6 Å². The van der Waals surface area contributed by atoms with Gasteiger partial charge in [-0.3, -0.25) is 14.6 Å². The average Bonchev–Trinajstić information content (AvgIpc) is 3.70. The van der Waals surface area contributed by atoms with Crippen LogP contribution in [-0.2, 0) is 9.59 Å². The van der Waals surface area contributed by atoms with Gasteiger partial charge in [0, 0.05) is 26.9 Å². The van der Waals surface area contributed by atoms with Crippen LogP contribution in [0.25, 0.3) is 10.9 Å². The minimum absolute atomic E-state index is 0.0675. The monoisotopic (exact) mass is 635 g/mol. The number of nitrogens with one attached hydrogen (secondary N) is 2. The zero-order valence-electron chi connectivity index (χ0n) is 19.7. The van der Waals surface area contributed by atoms with Crippen molar-refractivity contribution in [3.8, 4) is 11.5 Å². The topological polar surface area (TPSA) is 80.3 Å². The number of pyridine rings is 1. The summed E-state index contributed by atoms with van der Waals surface area (Å²) in [7, 11) is 0. The van der Waals surface area contributed by atoms with E-state index in [0.717, 1.165) is 21.3 Å². The molecule has 1 aliphatic carbocycles. The Hall–Kier alpha value is -3.74.